The van der Waals surface area contributed by atoms with E-state index in [-0.39, 0.29) is 10.9 Å². The summed E-state index contributed by atoms with van der Waals surface area (Å²) < 4.78 is 0. The van der Waals surface area contributed by atoms with Gasteiger partial charge in [0, 0.05) is 24.0 Å². The van der Waals surface area contributed by atoms with Crippen LogP contribution in [0.1, 0.15) is 11.3 Å². The van der Waals surface area contributed by atoms with Crippen LogP contribution in [0.3, 0.4) is 0 Å². The number of carboxylic acids is 1. The first kappa shape index (κ1) is 12.0. The van der Waals surface area contributed by atoms with Crippen molar-refractivity contribution in [2.45, 2.75) is 13.0 Å². The largest absolute Gasteiger partial charge is 0.481 e. The van der Waals surface area contributed by atoms with Crippen LogP contribution in [0, 0.1) is 16.0 Å². The summed E-state index contributed by atoms with van der Waals surface area (Å²) >= 11 is 1.15. The summed E-state index contributed by atoms with van der Waals surface area (Å²) in [5.41, 5.74) is 0. The first-order valence-electron chi connectivity index (χ1n) is 5.24. The fourth-order valence-electron chi connectivity index (χ4n) is 1.95. The normalized spacial score (nSPS) is 20.6. The Kier molecular flexibility index (Phi) is 3.39. The lowest BCUT2D eigenvalue weighted by Gasteiger charge is -2.13. The number of aliphatic carboxylic acids is 1. The summed E-state index contributed by atoms with van der Waals surface area (Å²) in [6.07, 6.45) is 0.656. The lowest BCUT2D eigenvalue weighted by atomic mass is 10.1. The van der Waals surface area contributed by atoms with Gasteiger partial charge in [-0.1, -0.05) is 11.3 Å². The van der Waals surface area contributed by atoms with Crippen LogP contribution in [-0.2, 0) is 11.3 Å². The fraction of sp³-hybridized carbons (Fsp3) is 0.500. The number of carboxylic acid groups (broad SMARTS) is 1. The van der Waals surface area contributed by atoms with Gasteiger partial charge in [-0.05, 0) is 19.0 Å². The summed E-state index contributed by atoms with van der Waals surface area (Å²) in [6, 6.07) is 3.22. The maximum absolute atomic E-state index is 10.8. The number of nitro groups is 1. The minimum absolute atomic E-state index is 0.133. The molecule has 0 bridgehead atoms. The predicted octanol–water partition coefficient (Wildman–Crippen LogP) is 1.56. The molecule has 2 rings (SSSR count). The molecule has 1 N–H and O–H groups in total. The third-order valence-corrected chi connectivity index (χ3v) is 3.85. The summed E-state index contributed by atoms with van der Waals surface area (Å²) in [5, 5.41) is 19.5. The number of likely N-dealkylation sites (tertiary alicyclic amines) is 1. The Hall–Kier alpha value is -1.47. The third-order valence-electron chi connectivity index (χ3n) is 2.83. The van der Waals surface area contributed by atoms with Gasteiger partial charge in [0.1, 0.15) is 0 Å². The topological polar surface area (TPSA) is 83.7 Å². The van der Waals surface area contributed by atoms with Crippen molar-refractivity contribution in [2.24, 2.45) is 5.92 Å². The van der Waals surface area contributed by atoms with Gasteiger partial charge < -0.3 is 5.11 Å². The van der Waals surface area contributed by atoms with E-state index in [0.717, 1.165) is 22.8 Å². The summed E-state index contributed by atoms with van der Waals surface area (Å²) in [5.74, 6) is -1.06. The molecule has 1 atom stereocenters. The first-order valence-corrected chi connectivity index (χ1v) is 6.06. The van der Waals surface area contributed by atoms with Gasteiger partial charge in [-0.2, -0.15) is 0 Å². The van der Waals surface area contributed by atoms with Crippen molar-refractivity contribution in [1.82, 2.24) is 4.90 Å². The van der Waals surface area contributed by atoms with E-state index in [2.05, 4.69) is 0 Å². The van der Waals surface area contributed by atoms with Gasteiger partial charge in [0.25, 0.3) is 0 Å². The average Bonchev–Trinajstić information content (AvgIpc) is 2.87. The van der Waals surface area contributed by atoms with Gasteiger partial charge in [-0.3, -0.25) is 19.8 Å². The second-order valence-electron chi connectivity index (χ2n) is 4.06. The molecule has 6 nitrogen and oxygen atoms in total. The smallest absolute Gasteiger partial charge is 0.324 e. The van der Waals surface area contributed by atoms with Crippen LogP contribution in [0.5, 0.6) is 0 Å². The van der Waals surface area contributed by atoms with E-state index >= 15 is 0 Å². The van der Waals surface area contributed by atoms with E-state index in [0.29, 0.717) is 19.5 Å². The summed E-state index contributed by atoms with van der Waals surface area (Å²) in [6.45, 7) is 1.87. The van der Waals surface area contributed by atoms with E-state index in [1.54, 1.807) is 6.07 Å². The third kappa shape index (κ3) is 2.80. The van der Waals surface area contributed by atoms with Crippen LogP contribution in [0.25, 0.3) is 0 Å². The molecule has 1 aliphatic rings. The molecule has 17 heavy (non-hydrogen) atoms. The van der Waals surface area contributed by atoms with Crippen molar-refractivity contribution in [3.63, 3.8) is 0 Å². The Balaban J connectivity index is 1.93. The molecule has 1 aromatic rings. The second kappa shape index (κ2) is 4.80. The van der Waals surface area contributed by atoms with Gasteiger partial charge in [0.2, 0.25) is 0 Å². The van der Waals surface area contributed by atoms with Gasteiger partial charge >= 0.3 is 11.0 Å². The van der Waals surface area contributed by atoms with Gasteiger partial charge in [-0.15, -0.1) is 0 Å². The molecule has 0 spiro atoms. The molecule has 1 aromatic heterocycles. The Morgan fingerprint density at radius 1 is 1.65 bits per heavy atom. The summed E-state index contributed by atoms with van der Waals surface area (Å²) in [4.78, 5) is 23.8. The quantitative estimate of drug-likeness (QED) is 0.653. The van der Waals surface area contributed by atoms with Crippen LogP contribution >= 0.6 is 11.3 Å². The van der Waals surface area contributed by atoms with Crippen LogP contribution < -0.4 is 0 Å². The number of rotatable bonds is 4. The number of hydrogen-bond acceptors (Lipinski definition) is 5. The number of carbonyl (C=O) groups is 1. The monoisotopic (exact) mass is 256 g/mol. The molecule has 0 aliphatic carbocycles. The highest BCUT2D eigenvalue weighted by atomic mass is 32.1. The van der Waals surface area contributed by atoms with Crippen LogP contribution in [0.4, 0.5) is 5.00 Å². The zero-order valence-electron chi connectivity index (χ0n) is 9.04. The number of nitrogens with zero attached hydrogens (tertiary/aromatic N) is 2. The molecular formula is C10H12N2O4S. The molecule has 0 saturated carbocycles. The van der Waals surface area contributed by atoms with Crippen molar-refractivity contribution in [1.29, 1.82) is 0 Å². The SMILES string of the molecule is O=C(O)C1CCN(Cc2ccc([N+](=O)[O-])s2)C1. The van der Waals surface area contributed by atoms with E-state index in [1.807, 2.05) is 4.90 Å². The maximum atomic E-state index is 10.8. The van der Waals surface area contributed by atoms with Crippen molar-refractivity contribution in [2.75, 3.05) is 13.1 Å². The van der Waals surface area contributed by atoms with E-state index in [1.165, 1.54) is 6.07 Å². The number of hydrogen-bond donors (Lipinski definition) is 1. The van der Waals surface area contributed by atoms with Crippen LogP contribution in [0.15, 0.2) is 12.1 Å². The summed E-state index contributed by atoms with van der Waals surface area (Å²) in [7, 11) is 0. The van der Waals surface area contributed by atoms with Gasteiger partial charge in [0.15, 0.2) is 0 Å². The predicted molar refractivity (Wildman–Crippen MR) is 62.0 cm³/mol. The zero-order chi connectivity index (χ0) is 12.4. The molecule has 0 amide bonds. The molecule has 0 aromatic carbocycles. The fourth-order valence-corrected chi connectivity index (χ4v) is 2.81. The van der Waals surface area contributed by atoms with E-state index < -0.39 is 10.9 Å². The standard InChI is InChI=1S/C10H12N2O4S/c13-10(14)7-3-4-11(5-7)6-8-1-2-9(17-8)12(15)16/h1-2,7H,3-6H2,(H,13,14). The molecule has 1 unspecified atom stereocenters. The first-order chi connectivity index (χ1) is 8.06. The molecule has 0 radical (unpaired) electrons. The molecule has 92 valence electrons. The minimum atomic E-state index is -0.760. The highest BCUT2D eigenvalue weighted by Gasteiger charge is 2.28. The molecule has 2 heterocycles. The maximum Gasteiger partial charge on any atom is 0.324 e. The lowest BCUT2D eigenvalue weighted by Crippen LogP contribution is -2.22. The van der Waals surface area contributed by atoms with Crippen molar-refractivity contribution in [3.05, 3.63) is 27.1 Å². The second-order valence-corrected chi connectivity index (χ2v) is 5.20. The highest BCUT2D eigenvalue weighted by Crippen LogP contribution is 2.27. The zero-order valence-corrected chi connectivity index (χ0v) is 9.85. The molecule has 1 aliphatic heterocycles. The Bertz CT molecular complexity index is 445. The van der Waals surface area contributed by atoms with Crippen LogP contribution in [0.2, 0.25) is 0 Å². The molecule has 1 saturated heterocycles. The minimum Gasteiger partial charge on any atom is -0.481 e. The highest BCUT2D eigenvalue weighted by molar-refractivity contribution is 7.15. The van der Waals surface area contributed by atoms with Gasteiger partial charge in [0.05, 0.1) is 10.8 Å². The Morgan fingerprint density at radius 2 is 2.41 bits per heavy atom. The van der Waals surface area contributed by atoms with Crippen molar-refractivity contribution in [3.8, 4) is 0 Å². The van der Waals surface area contributed by atoms with Crippen molar-refractivity contribution < 1.29 is 14.8 Å². The Morgan fingerprint density at radius 3 is 2.94 bits per heavy atom. The average molecular weight is 256 g/mol. The molecular weight excluding hydrogens is 244 g/mol. The van der Waals surface area contributed by atoms with E-state index in [9.17, 15) is 14.9 Å². The number of thiophene rings is 1. The lowest BCUT2D eigenvalue weighted by molar-refractivity contribution is -0.380. The molecule has 1 fully saturated rings. The Labute approximate surface area is 102 Å². The van der Waals surface area contributed by atoms with Crippen LogP contribution in [-0.4, -0.2) is 34.0 Å². The van der Waals surface area contributed by atoms with E-state index in [4.69, 9.17) is 5.11 Å². The molecule has 7 heteroatoms. The van der Waals surface area contributed by atoms with Crippen molar-refractivity contribution >= 4 is 22.3 Å². The van der Waals surface area contributed by atoms with Gasteiger partial charge in [-0.25, -0.2) is 0 Å².